The maximum absolute atomic E-state index is 13.3. The first-order valence-corrected chi connectivity index (χ1v) is 24.8. The molecule has 3 saturated heterocycles. The zero-order chi connectivity index (χ0) is 49.6. The van der Waals surface area contributed by atoms with Gasteiger partial charge in [0.25, 0.3) is 0 Å². The molecular formula is C51H78O17. The summed E-state index contributed by atoms with van der Waals surface area (Å²) in [6, 6.07) is 0. The van der Waals surface area contributed by atoms with Gasteiger partial charge in [-0.05, 0) is 104 Å². The molecule has 17 nitrogen and oxygen atoms in total. The highest BCUT2D eigenvalue weighted by atomic mass is 16.8. The maximum atomic E-state index is 13.3. The van der Waals surface area contributed by atoms with Crippen molar-refractivity contribution < 1.29 is 81.1 Å². The highest BCUT2D eigenvalue weighted by Crippen LogP contribution is 2.68. The molecule has 3 heterocycles. The summed E-state index contributed by atoms with van der Waals surface area (Å²) < 4.78 is 74.2. The third kappa shape index (κ3) is 9.88. The van der Waals surface area contributed by atoms with Crippen molar-refractivity contribution in [2.24, 2.45) is 28.6 Å². The molecule has 21 atom stereocenters. The minimum absolute atomic E-state index is 0.0315. The van der Waals surface area contributed by atoms with Crippen molar-refractivity contribution in [3.05, 3.63) is 23.3 Å². The van der Waals surface area contributed by atoms with Gasteiger partial charge in [-0.3, -0.25) is 14.4 Å². The minimum Gasteiger partial charge on any atom is -0.458 e. The zero-order valence-electron chi connectivity index (χ0n) is 42.4. The fraction of sp³-hybridized carbons (Fsp3) is 0.843. The third-order valence-corrected chi connectivity index (χ3v) is 17.2. The maximum Gasteiger partial charge on any atom is 0.333 e. The Morgan fingerprint density at radius 1 is 0.691 bits per heavy atom. The number of allylic oxidation sites excluding steroid dienone is 2. The Morgan fingerprint density at radius 3 is 1.85 bits per heavy atom. The van der Waals surface area contributed by atoms with Crippen molar-refractivity contribution in [3.63, 3.8) is 0 Å². The Labute approximate surface area is 401 Å². The molecule has 0 spiro atoms. The first-order chi connectivity index (χ1) is 32.1. The monoisotopic (exact) mass is 963 g/mol. The van der Waals surface area contributed by atoms with Gasteiger partial charge in [0.05, 0.1) is 42.2 Å². The number of ether oxygens (including phenoxy) is 12. The molecule has 68 heavy (non-hydrogen) atoms. The average Bonchev–Trinajstić information content (AvgIpc) is 3.58. The summed E-state index contributed by atoms with van der Waals surface area (Å²) in [6.45, 7) is 17.5. The van der Waals surface area contributed by atoms with Gasteiger partial charge in [0.1, 0.15) is 30.2 Å². The largest absolute Gasteiger partial charge is 0.458 e. The molecule has 3 saturated carbocycles. The van der Waals surface area contributed by atoms with E-state index in [-0.39, 0.29) is 35.2 Å². The van der Waals surface area contributed by atoms with Crippen LogP contribution in [0.3, 0.4) is 0 Å². The van der Waals surface area contributed by atoms with E-state index in [1.807, 2.05) is 20.8 Å². The van der Waals surface area contributed by atoms with Crippen LogP contribution < -0.4 is 0 Å². The fourth-order valence-corrected chi connectivity index (χ4v) is 13.4. The van der Waals surface area contributed by atoms with E-state index in [4.69, 9.17) is 56.8 Å². The lowest BCUT2D eigenvalue weighted by atomic mass is 9.45. The number of hydrogen-bond acceptors (Lipinski definition) is 17. The highest BCUT2D eigenvalue weighted by Gasteiger charge is 2.71. The van der Waals surface area contributed by atoms with Crippen LogP contribution in [0.1, 0.15) is 127 Å². The van der Waals surface area contributed by atoms with Gasteiger partial charge in [0.15, 0.2) is 31.1 Å². The van der Waals surface area contributed by atoms with Gasteiger partial charge >= 0.3 is 17.9 Å². The van der Waals surface area contributed by atoms with E-state index in [2.05, 4.69) is 13.0 Å². The van der Waals surface area contributed by atoms with Crippen LogP contribution in [0, 0.1) is 28.6 Å². The van der Waals surface area contributed by atoms with Crippen molar-refractivity contribution in [1.29, 1.82) is 0 Å². The Balaban J connectivity index is 0.980. The summed E-state index contributed by atoms with van der Waals surface area (Å²) in [5.41, 5.74) is -0.504. The molecule has 384 valence electrons. The van der Waals surface area contributed by atoms with E-state index in [1.54, 1.807) is 48.0 Å². The normalized spacial score (nSPS) is 46.0. The van der Waals surface area contributed by atoms with Crippen LogP contribution in [0.15, 0.2) is 23.3 Å². The van der Waals surface area contributed by atoms with Crippen LogP contribution >= 0.6 is 0 Å². The summed E-state index contributed by atoms with van der Waals surface area (Å²) in [5, 5.41) is 12.8. The van der Waals surface area contributed by atoms with E-state index in [0.29, 0.717) is 50.5 Å². The molecule has 1 N–H and O–H groups in total. The SMILES string of the molecule is C/C=C(\C)C(=O)O[C@@H]1C[C@H]2[C@@H](CC=C3C[C@@H](O[C@H]4C[C@H](OC)[C@H](O[C@H]5C[C@H](OC)[C@H](O[C@@H]6O[C@H](C)[C@@H](OC(C)=O)[C@H](OC)[C@H]6OC(C)=O)[C@@H](C)O5)[C@@H](C)O4)CC[C@@]32C)[C@@]2(O)CC[C@H](C(C)=O)[C@@]12C. The third-order valence-electron chi connectivity index (χ3n) is 17.2. The number of rotatable bonds is 14. The van der Waals surface area contributed by atoms with E-state index in [1.165, 1.54) is 26.5 Å². The minimum atomic E-state index is -1.16. The van der Waals surface area contributed by atoms with Crippen LogP contribution in [0.25, 0.3) is 0 Å². The fourth-order valence-electron chi connectivity index (χ4n) is 13.4. The number of esters is 3. The smallest absolute Gasteiger partial charge is 0.333 e. The Kier molecular flexibility index (Phi) is 16.4. The van der Waals surface area contributed by atoms with Crippen molar-refractivity contribution in [2.45, 2.75) is 225 Å². The summed E-state index contributed by atoms with van der Waals surface area (Å²) in [4.78, 5) is 50.6. The molecule has 7 aliphatic rings. The van der Waals surface area contributed by atoms with Crippen LogP contribution in [0.4, 0.5) is 0 Å². The molecule has 4 aliphatic carbocycles. The summed E-state index contributed by atoms with van der Waals surface area (Å²) in [5.74, 6) is -1.89. The van der Waals surface area contributed by atoms with Gasteiger partial charge in [-0.25, -0.2) is 4.79 Å². The van der Waals surface area contributed by atoms with Gasteiger partial charge < -0.3 is 61.9 Å². The van der Waals surface area contributed by atoms with Gasteiger partial charge in [0, 0.05) is 64.9 Å². The Bertz CT molecular complexity index is 1900. The lowest BCUT2D eigenvalue weighted by molar-refractivity contribution is -0.352. The van der Waals surface area contributed by atoms with Crippen molar-refractivity contribution >= 4 is 23.7 Å². The summed E-state index contributed by atoms with van der Waals surface area (Å²) in [7, 11) is 4.67. The first-order valence-electron chi connectivity index (χ1n) is 24.8. The number of aliphatic hydroxyl groups is 1. The summed E-state index contributed by atoms with van der Waals surface area (Å²) >= 11 is 0. The second kappa shape index (κ2) is 21.1. The molecule has 0 amide bonds. The predicted molar refractivity (Wildman–Crippen MR) is 242 cm³/mol. The molecule has 0 aromatic rings. The topological polar surface area (TPSA) is 199 Å². The number of carbonyl (C=O) groups is 4. The number of methoxy groups -OCH3 is 3. The van der Waals surface area contributed by atoms with E-state index >= 15 is 0 Å². The lowest BCUT2D eigenvalue weighted by Gasteiger charge is -2.63. The van der Waals surface area contributed by atoms with Crippen molar-refractivity contribution in [2.75, 3.05) is 21.3 Å². The molecular weight excluding hydrogens is 885 g/mol. The predicted octanol–water partition coefficient (Wildman–Crippen LogP) is 5.84. The first kappa shape index (κ1) is 53.0. The summed E-state index contributed by atoms with van der Waals surface area (Å²) in [6.07, 6.45) is -0.170. The molecule has 6 fully saturated rings. The Morgan fingerprint density at radius 2 is 1.28 bits per heavy atom. The number of fused-ring (bicyclic) bond motifs is 5. The molecule has 17 heteroatoms. The van der Waals surface area contributed by atoms with Gasteiger partial charge in [-0.1, -0.05) is 31.6 Å². The van der Waals surface area contributed by atoms with Crippen molar-refractivity contribution in [3.8, 4) is 0 Å². The number of hydrogen-bond donors (Lipinski definition) is 1. The second-order valence-corrected chi connectivity index (χ2v) is 20.9. The molecule has 3 aliphatic heterocycles. The molecule has 0 unspecified atom stereocenters. The molecule has 0 bridgehead atoms. The zero-order valence-corrected chi connectivity index (χ0v) is 42.4. The standard InChI is InChI=1S/C51H78O17/c1-14-25(2)47(55)66-39-22-36-35(51(56)20-18-34(26(3)52)50(39,51)10)16-15-32-21-33(17-19-49(32,36)9)65-40-23-37(57-11)42(27(4)60-40)67-41-24-38(58-12)43(28(5)61-41)68-48-46(64-31(8)54)45(59-13)44(29(6)62-48)63-30(7)53/h14-15,27-29,33-46,48,56H,16-24H2,1-13H3/b25-14+/t27-,28-,29-,33+,34-,35-,36+,37+,38+,39-,40+,41+,42-,43-,44-,45+,46-,48+,49+,50+,51+/m1/s1. The van der Waals surface area contributed by atoms with E-state index in [9.17, 15) is 24.3 Å². The molecule has 0 aromatic carbocycles. The van der Waals surface area contributed by atoms with E-state index < -0.39 is 115 Å². The number of ketones is 1. The molecule has 0 aromatic heterocycles. The van der Waals surface area contributed by atoms with Crippen LogP contribution in [-0.2, 0) is 76.0 Å². The quantitative estimate of drug-likeness (QED) is 0.0942. The van der Waals surface area contributed by atoms with Crippen LogP contribution in [0.5, 0.6) is 0 Å². The van der Waals surface area contributed by atoms with E-state index in [0.717, 1.165) is 12.8 Å². The van der Waals surface area contributed by atoms with Gasteiger partial charge in [-0.2, -0.15) is 0 Å². The van der Waals surface area contributed by atoms with Gasteiger partial charge in [0.2, 0.25) is 0 Å². The van der Waals surface area contributed by atoms with Crippen molar-refractivity contribution in [1.82, 2.24) is 0 Å². The molecule has 7 rings (SSSR count). The Hall–Kier alpha value is -2.84. The van der Waals surface area contributed by atoms with Crippen LogP contribution in [-0.4, -0.2) is 148 Å². The lowest BCUT2D eigenvalue weighted by Crippen LogP contribution is -2.66. The highest BCUT2D eigenvalue weighted by molar-refractivity contribution is 5.88. The number of Topliss-reactive ketones (excluding diaryl/α,β-unsaturated/α-hetero) is 1. The second-order valence-electron chi connectivity index (χ2n) is 20.9. The molecule has 0 radical (unpaired) electrons. The van der Waals surface area contributed by atoms with Gasteiger partial charge in [-0.15, -0.1) is 0 Å². The number of carbonyl (C=O) groups excluding carboxylic acids is 4. The average molecular weight is 963 g/mol. The van der Waals surface area contributed by atoms with Crippen LogP contribution in [0.2, 0.25) is 0 Å².